The number of unbranched alkanes of at least 4 members (excludes halogenated alkanes) is 15. The van der Waals surface area contributed by atoms with Gasteiger partial charge in [0.2, 0.25) is 0 Å². The number of ether oxygens (including phenoxy) is 2. The van der Waals surface area contributed by atoms with Gasteiger partial charge >= 0.3 is 0 Å². The van der Waals surface area contributed by atoms with Gasteiger partial charge in [0.25, 0.3) is 0 Å². The quantitative estimate of drug-likeness (QED) is 0.176. The second-order valence-electron chi connectivity index (χ2n) is 9.19. The van der Waals surface area contributed by atoms with E-state index in [1.165, 1.54) is 103 Å². The van der Waals surface area contributed by atoms with E-state index in [9.17, 15) is 5.11 Å². The molecule has 0 amide bonds. The second kappa shape index (κ2) is 22.3. The second-order valence-corrected chi connectivity index (χ2v) is 9.19. The van der Waals surface area contributed by atoms with Gasteiger partial charge in [-0.05, 0) is 18.1 Å². The molecular formula is C28H48N2O3. The number of nitriles is 1. The maximum atomic E-state index is 9.48. The molecule has 0 unspecified atom stereocenters. The summed E-state index contributed by atoms with van der Waals surface area (Å²) in [6.45, 7) is 3.62. The minimum absolute atomic E-state index is 0.0790. The third-order valence-electron chi connectivity index (χ3n) is 6.06. The Morgan fingerprint density at radius 1 is 0.848 bits per heavy atom. The molecule has 0 aliphatic carbocycles. The lowest BCUT2D eigenvalue weighted by molar-refractivity contribution is -0.0503. The largest absolute Gasteiger partial charge is 0.394 e. The molecule has 33 heavy (non-hydrogen) atoms. The van der Waals surface area contributed by atoms with Crippen molar-refractivity contribution in [3.8, 4) is 6.07 Å². The molecule has 0 aliphatic rings. The molecule has 5 heteroatoms. The fraction of sp³-hybridized carbons (Fsp3) is 0.786. The first kappa shape index (κ1) is 29.6. The molecule has 0 saturated carbocycles. The van der Waals surface area contributed by atoms with E-state index in [-0.39, 0.29) is 12.7 Å². The Hall–Kier alpha value is -1.48. The molecule has 0 bridgehead atoms. The maximum absolute atomic E-state index is 9.48. The Balaban J connectivity index is 1.85. The summed E-state index contributed by atoms with van der Waals surface area (Å²) in [6, 6.07) is 3.81. The Bertz CT molecular complexity index is 603. The summed E-state index contributed by atoms with van der Waals surface area (Å²) >= 11 is 0. The molecule has 0 radical (unpaired) electrons. The number of nitrogens with zero attached hydrogens (tertiary/aromatic N) is 2. The zero-order valence-electron chi connectivity index (χ0n) is 21.1. The molecule has 1 atom stereocenters. The van der Waals surface area contributed by atoms with Gasteiger partial charge in [-0.1, -0.05) is 103 Å². The molecule has 1 rings (SSSR count). The van der Waals surface area contributed by atoms with Crippen LogP contribution >= 0.6 is 0 Å². The summed E-state index contributed by atoms with van der Waals surface area (Å²) in [7, 11) is 0. The third kappa shape index (κ3) is 17.6. The van der Waals surface area contributed by atoms with Gasteiger partial charge in [-0.2, -0.15) is 5.26 Å². The predicted molar refractivity (Wildman–Crippen MR) is 135 cm³/mol. The third-order valence-corrected chi connectivity index (χ3v) is 6.06. The van der Waals surface area contributed by atoms with E-state index < -0.39 is 0 Å². The van der Waals surface area contributed by atoms with E-state index in [2.05, 4.69) is 18.0 Å². The van der Waals surface area contributed by atoms with Gasteiger partial charge in [0.05, 0.1) is 25.4 Å². The van der Waals surface area contributed by atoms with Crippen molar-refractivity contribution >= 4 is 0 Å². The van der Waals surface area contributed by atoms with Crippen molar-refractivity contribution in [3.05, 3.63) is 29.6 Å². The molecule has 0 spiro atoms. The predicted octanol–water partition coefficient (Wildman–Crippen LogP) is 7.11. The first-order chi connectivity index (χ1) is 16.3. The van der Waals surface area contributed by atoms with Crippen molar-refractivity contribution in [1.82, 2.24) is 4.98 Å². The smallest absolute Gasteiger partial charge is 0.104 e. The summed E-state index contributed by atoms with van der Waals surface area (Å²) in [4.78, 5) is 4.02. The molecule has 1 heterocycles. The van der Waals surface area contributed by atoms with Crippen LogP contribution < -0.4 is 0 Å². The fourth-order valence-corrected chi connectivity index (χ4v) is 3.96. The number of hydrogen-bond donors (Lipinski definition) is 1. The zero-order valence-corrected chi connectivity index (χ0v) is 21.1. The molecule has 0 fully saturated rings. The lowest BCUT2D eigenvalue weighted by Gasteiger charge is -2.15. The molecule has 1 aromatic rings. The lowest BCUT2D eigenvalue weighted by Crippen LogP contribution is -2.24. The first-order valence-electron chi connectivity index (χ1n) is 13.4. The Labute approximate surface area is 202 Å². The van der Waals surface area contributed by atoms with Crippen molar-refractivity contribution in [3.63, 3.8) is 0 Å². The standard InChI is InChI=1S/C28H48N2O3/c1-2-3-4-5-6-7-8-9-10-11-12-13-14-15-16-17-18-32-25-28(23-31)33-24-27-19-26(20-29)21-30-22-27/h19,21-22,28,31H,2-18,23-25H2,1H3/t28-/m0/s1. The molecule has 0 saturated heterocycles. The highest BCUT2D eigenvalue weighted by Crippen LogP contribution is 2.14. The average molecular weight is 461 g/mol. The molecule has 1 N–H and O–H groups in total. The average Bonchev–Trinajstić information content (AvgIpc) is 2.85. The molecular weight excluding hydrogens is 412 g/mol. The van der Waals surface area contributed by atoms with Crippen molar-refractivity contribution in [1.29, 1.82) is 5.26 Å². The maximum Gasteiger partial charge on any atom is 0.104 e. The van der Waals surface area contributed by atoms with Crippen LogP contribution in [-0.2, 0) is 16.1 Å². The van der Waals surface area contributed by atoms with Crippen LogP contribution in [-0.4, -0.2) is 36.0 Å². The molecule has 188 valence electrons. The number of hydrogen-bond acceptors (Lipinski definition) is 5. The van der Waals surface area contributed by atoms with Gasteiger partial charge in [0.15, 0.2) is 0 Å². The molecule has 1 aromatic heterocycles. The van der Waals surface area contributed by atoms with Gasteiger partial charge in [0, 0.05) is 19.0 Å². The first-order valence-corrected chi connectivity index (χ1v) is 13.4. The van der Waals surface area contributed by atoms with Crippen LogP contribution in [0.25, 0.3) is 0 Å². The van der Waals surface area contributed by atoms with E-state index in [1.54, 1.807) is 12.3 Å². The summed E-state index contributed by atoms with van der Waals surface area (Å²) in [5.74, 6) is 0. The minimum Gasteiger partial charge on any atom is -0.394 e. The van der Waals surface area contributed by atoms with Crippen molar-refractivity contribution in [2.45, 2.75) is 122 Å². The molecule has 0 aliphatic heterocycles. The Kier molecular flexibility index (Phi) is 20.0. The zero-order chi connectivity index (χ0) is 23.8. The van der Waals surface area contributed by atoms with E-state index >= 15 is 0 Å². The Morgan fingerprint density at radius 3 is 1.91 bits per heavy atom. The number of rotatable bonds is 23. The van der Waals surface area contributed by atoms with Crippen LogP contribution in [0.15, 0.2) is 18.5 Å². The van der Waals surface area contributed by atoms with Crippen LogP contribution in [0.1, 0.15) is 121 Å². The molecule has 0 aromatic carbocycles. The van der Waals surface area contributed by atoms with Crippen LogP contribution in [0.5, 0.6) is 0 Å². The van der Waals surface area contributed by atoms with Gasteiger partial charge < -0.3 is 14.6 Å². The van der Waals surface area contributed by atoms with Crippen LogP contribution in [0, 0.1) is 11.3 Å². The summed E-state index contributed by atoms with van der Waals surface area (Å²) in [5.41, 5.74) is 1.33. The lowest BCUT2D eigenvalue weighted by atomic mass is 10.0. The van der Waals surface area contributed by atoms with Crippen molar-refractivity contribution in [2.24, 2.45) is 0 Å². The van der Waals surface area contributed by atoms with Crippen LogP contribution in [0.2, 0.25) is 0 Å². The fourth-order valence-electron chi connectivity index (χ4n) is 3.96. The SMILES string of the molecule is CCCCCCCCCCCCCCCCCCOC[C@H](CO)OCc1cncc(C#N)c1. The van der Waals surface area contributed by atoms with Gasteiger partial charge in [0.1, 0.15) is 12.2 Å². The summed E-state index contributed by atoms with van der Waals surface area (Å²) < 4.78 is 11.4. The van der Waals surface area contributed by atoms with E-state index in [4.69, 9.17) is 14.7 Å². The number of aliphatic hydroxyl groups is 1. The summed E-state index contributed by atoms with van der Waals surface area (Å²) in [5, 5.41) is 18.4. The number of aromatic nitrogens is 1. The van der Waals surface area contributed by atoms with Crippen molar-refractivity contribution < 1.29 is 14.6 Å². The normalized spacial score (nSPS) is 12.0. The number of pyridine rings is 1. The topological polar surface area (TPSA) is 75.4 Å². The van der Waals surface area contributed by atoms with Crippen molar-refractivity contribution in [2.75, 3.05) is 19.8 Å². The van der Waals surface area contributed by atoms with Crippen LogP contribution in [0.4, 0.5) is 0 Å². The highest BCUT2D eigenvalue weighted by atomic mass is 16.5. The number of aliphatic hydroxyl groups excluding tert-OH is 1. The van der Waals surface area contributed by atoms with E-state index in [1.807, 2.05) is 0 Å². The minimum atomic E-state index is -0.350. The van der Waals surface area contributed by atoms with E-state index in [0.29, 0.717) is 25.4 Å². The molecule has 5 nitrogen and oxygen atoms in total. The Morgan fingerprint density at radius 2 is 1.39 bits per heavy atom. The van der Waals surface area contributed by atoms with Gasteiger partial charge in [-0.3, -0.25) is 4.98 Å². The summed E-state index contributed by atoms with van der Waals surface area (Å²) in [6.07, 6.45) is 24.6. The highest BCUT2D eigenvalue weighted by molar-refractivity contribution is 5.28. The van der Waals surface area contributed by atoms with Gasteiger partial charge in [-0.15, -0.1) is 0 Å². The highest BCUT2D eigenvalue weighted by Gasteiger charge is 2.09. The van der Waals surface area contributed by atoms with Gasteiger partial charge in [-0.25, -0.2) is 0 Å². The van der Waals surface area contributed by atoms with Crippen LogP contribution in [0.3, 0.4) is 0 Å². The monoisotopic (exact) mass is 460 g/mol. The van der Waals surface area contributed by atoms with E-state index in [0.717, 1.165) is 12.0 Å².